The molecule has 1 heterocycles. The minimum Gasteiger partial charge on any atom is -0.379 e. The molecule has 0 bridgehead atoms. The molecule has 4 heteroatoms. The average molecular weight is 248 g/mol. The van der Waals surface area contributed by atoms with E-state index in [2.05, 4.69) is 21.2 Å². The Morgan fingerprint density at radius 3 is 2.85 bits per heavy atom. The fourth-order valence-corrected chi connectivity index (χ4v) is 2.14. The molecule has 0 aromatic carbocycles. The lowest BCUT2D eigenvalue weighted by Gasteiger charge is -2.26. The van der Waals surface area contributed by atoms with Crippen LogP contribution in [0.3, 0.4) is 0 Å². The van der Waals surface area contributed by atoms with Crippen LogP contribution in [0.4, 0.5) is 0 Å². The van der Waals surface area contributed by atoms with Crippen LogP contribution in [0.15, 0.2) is 0 Å². The Morgan fingerprint density at radius 1 is 1.62 bits per heavy atom. The Hall–Kier alpha value is -0.0900. The summed E-state index contributed by atoms with van der Waals surface area (Å²) in [6.45, 7) is 1.41. The molecule has 1 unspecified atom stereocenters. The van der Waals surface area contributed by atoms with Gasteiger partial charge in [-0.2, -0.15) is 0 Å². The van der Waals surface area contributed by atoms with Crippen LogP contribution in [-0.4, -0.2) is 30.0 Å². The monoisotopic (exact) mass is 247 g/mol. The van der Waals surface area contributed by atoms with Crippen molar-refractivity contribution in [3.63, 3.8) is 0 Å². The van der Waals surface area contributed by atoms with Crippen LogP contribution >= 0.6 is 15.9 Å². The van der Waals surface area contributed by atoms with Crippen molar-refractivity contribution in [3.05, 3.63) is 0 Å². The van der Waals surface area contributed by atoms with Crippen molar-refractivity contribution < 1.29 is 9.53 Å². The number of rotatable bonds is 3. The molecule has 0 radical (unpaired) electrons. The quantitative estimate of drug-likeness (QED) is 0.758. The molecule has 1 N–H and O–H groups in total. The highest BCUT2D eigenvalue weighted by molar-refractivity contribution is 9.09. The summed E-state index contributed by atoms with van der Waals surface area (Å²) in [6, 6.07) is 0. The van der Waals surface area contributed by atoms with E-state index >= 15 is 0 Å². The van der Waals surface area contributed by atoms with Crippen molar-refractivity contribution in [1.29, 1.82) is 0 Å². The normalized spacial score (nSPS) is 33.3. The van der Waals surface area contributed by atoms with Crippen LogP contribution in [0.5, 0.6) is 0 Å². The lowest BCUT2D eigenvalue weighted by atomic mass is 10.0. The number of halogens is 1. The summed E-state index contributed by atoms with van der Waals surface area (Å²) in [5.41, 5.74) is -0.125. The summed E-state index contributed by atoms with van der Waals surface area (Å²) in [5, 5.41) is 3.88. The molecule has 1 amide bonds. The number of hydrogen-bond acceptors (Lipinski definition) is 2. The van der Waals surface area contributed by atoms with Crippen LogP contribution in [-0.2, 0) is 9.53 Å². The predicted molar refractivity (Wildman–Crippen MR) is 52.8 cm³/mol. The summed E-state index contributed by atoms with van der Waals surface area (Å²) in [7, 11) is 0. The Balaban J connectivity index is 1.92. The average Bonchev–Trinajstić information content (AvgIpc) is 2.89. The van der Waals surface area contributed by atoms with E-state index in [-0.39, 0.29) is 17.4 Å². The van der Waals surface area contributed by atoms with Crippen molar-refractivity contribution in [3.8, 4) is 0 Å². The molecule has 3 nitrogen and oxygen atoms in total. The zero-order chi connectivity index (χ0) is 9.31. The van der Waals surface area contributed by atoms with E-state index in [0.717, 1.165) is 31.2 Å². The fraction of sp³-hybridized carbons (Fsp3) is 0.889. The maximum Gasteiger partial charge on any atom is 0.223 e. The first kappa shape index (κ1) is 9.46. The summed E-state index contributed by atoms with van der Waals surface area (Å²) in [5.74, 6) is 0.501. The second-order valence-corrected chi connectivity index (χ2v) is 4.54. The standard InChI is InChI=1S/C9H14BrNO2/c10-5-9(3-4-13-6-9)11-8(12)7-1-2-7/h7H,1-6H2,(H,11,12). The molecule has 2 aliphatic rings. The highest BCUT2D eigenvalue weighted by Crippen LogP contribution is 2.31. The van der Waals surface area contributed by atoms with Gasteiger partial charge in [0.2, 0.25) is 5.91 Å². The van der Waals surface area contributed by atoms with Gasteiger partial charge in [0.15, 0.2) is 0 Å². The largest absolute Gasteiger partial charge is 0.379 e. The topological polar surface area (TPSA) is 38.3 Å². The van der Waals surface area contributed by atoms with Gasteiger partial charge in [0, 0.05) is 17.9 Å². The van der Waals surface area contributed by atoms with E-state index in [0.29, 0.717) is 6.61 Å². The van der Waals surface area contributed by atoms with E-state index in [1.54, 1.807) is 0 Å². The smallest absolute Gasteiger partial charge is 0.223 e. The van der Waals surface area contributed by atoms with Crippen LogP contribution in [0.2, 0.25) is 0 Å². The molecule has 1 saturated heterocycles. The number of carbonyl (C=O) groups is 1. The van der Waals surface area contributed by atoms with Crippen molar-refractivity contribution in [2.45, 2.75) is 24.8 Å². The molecular formula is C9H14BrNO2. The van der Waals surface area contributed by atoms with Gasteiger partial charge >= 0.3 is 0 Å². The molecule has 1 aliphatic heterocycles. The SMILES string of the molecule is O=C(NC1(CBr)CCOC1)C1CC1. The first-order valence-corrected chi connectivity index (χ1v) is 5.84. The molecular weight excluding hydrogens is 234 g/mol. The summed E-state index contributed by atoms with van der Waals surface area (Å²) < 4.78 is 5.31. The van der Waals surface area contributed by atoms with Crippen LogP contribution in [0.1, 0.15) is 19.3 Å². The molecule has 1 atom stereocenters. The molecule has 1 saturated carbocycles. The van der Waals surface area contributed by atoms with E-state index in [1.807, 2.05) is 0 Å². The van der Waals surface area contributed by atoms with E-state index in [4.69, 9.17) is 4.74 Å². The molecule has 0 aromatic heterocycles. The first-order valence-electron chi connectivity index (χ1n) is 4.71. The molecule has 1 aliphatic carbocycles. The van der Waals surface area contributed by atoms with Gasteiger partial charge in [0.1, 0.15) is 0 Å². The third-order valence-electron chi connectivity index (χ3n) is 2.70. The lowest BCUT2D eigenvalue weighted by Crippen LogP contribution is -2.51. The predicted octanol–water partition coefficient (Wildman–Crippen LogP) is 1.07. The van der Waals surface area contributed by atoms with Gasteiger partial charge in [0.25, 0.3) is 0 Å². The molecule has 0 aromatic rings. The third kappa shape index (κ3) is 2.05. The molecule has 0 spiro atoms. The molecule has 13 heavy (non-hydrogen) atoms. The van der Waals surface area contributed by atoms with Gasteiger partial charge in [-0.05, 0) is 19.3 Å². The van der Waals surface area contributed by atoms with Crippen LogP contribution in [0.25, 0.3) is 0 Å². The highest BCUT2D eigenvalue weighted by Gasteiger charge is 2.39. The van der Waals surface area contributed by atoms with Crippen molar-refractivity contribution in [1.82, 2.24) is 5.32 Å². The lowest BCUT2D eigenvalue weighted by molar-refractivity contribution is -0.124. The minimum atomic E-state index is -0.125. The Bertz CT molecular complexity index is 210. The number of hydrogen-bond donors (Lipinski definition) is 1. The number of alkyl halides is 1. The molecule has 2 rings (SSSR count). The zero-order valence-electron chi connectivity index (χ0n) is 7.51. The fourth-order valence-electron chi connectivity index (χ4n) is 1.55. The van der Waals surface area contributed by atoms with Crippen molar-refractivity contribution in [2.75, 3.05) is 18.5 Å². The molecule has 74 valence electrons. The number of nitrogens with one attached hydrogen (secondary N) is 1. The zero-order valence-corrected chi connectivity index (χ0v) is 9.10. The van der Waals surface area contributed by atoms with Crippen LogP contribution in [0, 0.1) is 5.92 Å². The van der Waals surface area contributed by atoms with Gasteiger partial charge in [0.05, 0.1) is 12.1 Å². The molecule has 2 fully saturated rings. The summed E-state index contributed by atoms with van der Waals surface area (Å²) >= 11 is 3.44. The van der Waals surface area contributed by atoms with E-state index in [1.165, 1.54) is 0 Å². The summed E-state index contributed by atoms with van der Waals surface area (Å²) in [4.78, 5) is 11.5. The van der Waals surface area contributed by atoms with Gasteiger partial charge in [-0.15, -0.1) is 0 Å². The van der Waals surface area contributed by atoms with Crippen molar-refractivity contribution in [2.24, 2.45) is 5.92 Å². The Kier molecular flexibility index (Phi) is 2.60. The van der Waals surface area contributed by atoms with Gasteiger partial charge in [-0.25, -0.2) is 0 Å². The highest BCUT2D eigenvalue weighted by atomic mass is 79.9. The number of amides is 1. The maximum atomic E-state index is 11.5. The van der Waals surface area contributed by atoms with Crippen molar-refractivity contribution >= 4 is 21.8 Å². The third-order valence-corrected chi connectivity index (χ3v) is 3.77. The Morgan fingerprint density at radius 2 is 2.38 bits per heavy atom. The minimum absolute atomic E-state index is 0.125. The maximum absolute atomic E-state index is 11.5. The van der Waals surface area contributed by atoms with Gasteiger partial charge in [-0.3, -0.25) is 4.79 Å². The number of ether oxygens (including phenoxy) is 1. The van der Waals surface area contributed by atoms with Gasteiger partial charge < -0.3 is 10.1 Å². The first-order chi connectivity index (χ1) is 6.26. The number of carbonyl (C=O) groups excluding carboxylic acids is 1. The van der Waals surface area contributed by atoms with E-state index in [9.17, 15) is 4.79 Å². The second kappa shape index (κ2) is 3.58. The van der Waals surface area contributed by atoms with Crippen LogP contribution < -0.4 is 5.32 Å². The second-order valence-electron chi connectivity index (χ2n) is 3.98. The van der Waals surface area contributed by atoms with E-state index < -0.39 is 0 Å². The Labute approximate surface area is 86.3 Å². The summed E-state index contributed by atoms with van der Waals surface area (Å²) in [6.07, 6.45) is 3.05. The van der Waals surface area contributed by atoms with Gasteiger partial charge in [-0.1, -0.05) is 15.9 Å².